The van der Waals surface area contributed by atoms with Gasteiger partial charge in [-0.2, -0.15) is 5.10 Å². The summed E-state index contributed by atoms with van der Waals surface area (Å²) in [6, 6.07) is 3.00. The van der Waals surface area contributed by atoms with Crippen molar-refractivity contribution in [2.24, 2.45) is 12.0 Å². The Morgan fingerprint density at radius 2 is 1.77 bits per heavy atom. The number of carbonyl (C=O) groups is 2. The highest BCUT2D eigenvalue weighted by molar-refractivity contribution is 6.42. The Hall–Kier alpha value is -3.23. The molecule has 8 nitrogen and oxygen atoms in total. The number of aromatic nitrogens is 3. The standard InChI is InChI=1S/C22H25FN4O4/c1-5-15-6-7-17(28)20(29)16(10-24-15)19-21(30)27(22(31)26(4)25-19)11-14-8-12(2)18(23)13(3)9-14/h8-10,15-16H,5-7,11H2,1-4H3. The fourth-order valence-corrected chi connectivity index (χ4v) is 3.74. The molecule has 2 unspecified atom stereocenters. The summed E-state index contributed by atoms with van der Waals surface area (Å²) in [7, 11) is 1.37. The normalized spacial score (nSPS) is 19.4. The monoisotopic (exact) mass is 428 g/mol. The second kappa shape index (κ2) is 8.87. The van der Waals surface area contributed by atoms with E-state index in [1.807, 2.05) is 6.92 Å². The molecule has 0 N–H and O–H groups in total. The Kier molecular flexibility index (Phi) is 6.42. The molecule has 0 bridgehead atoms. The summed E-state index contributed by atoms with van der Waals surface area (Å²) in [6.45, 7) is 5.01. The molecule has 1 aromatic heterocycles. The van der Waals surface area contributed by atoms with E-state index in [0.717, 1.165) is 9.25 Å². The molecule has 2 aromatic rings. The van der Waals surface area contributed by atoms with Gasteiger partial charge in [0.2, 0.25) is 5.78 Å². The van der Waals surface area contributed by atoms with Crippen molar-refractivity contribution in [1.82, 2.24) is 14.3 Å². The number of rotatable bonds is 4. The van der Waals surface area contributed by atoms with Crippen LogP contribution in [0.1, 0.15) is 54.5 Å². The molecule has 0 saturated heterocycles. The number of aryl methyl sites for hydroxylation is 3. The van der Waals surface area contributed by atoms with Crippen molar-refractivity contribution in [3.8, 4) is 0 Å². The number of hydrogen-bond acceptors (Lipinski definition) is 6. The third-order valence-corrected chi connectivity index (χ3v) is 5.54. The van der Waals surface area contributed by atoms with Gasteiger partial charge in [-0.15, -0.1) is 0 Å². The third kappa shape index (κ3) is 4.45. The molecule has 0 aliphatic carbocycles. The fraction of sp³-hybridized carbons (Fsp3) is 0.455. The van der Waals surface area contributed by atoms with Crippen LogP contribution in [0.15, 0.2) is 26.7 Å². The minimum absolute atomic E-state index is 0.0548. The first-order valence-electron chi connectivity index (χ1n) is 10.2. The van der Waals surface area contributed by atoms with Crippen molar-refractivity contribution in [2.75, 3.05) is 0 Å². The van der Waals surface area contributed by atoms with Crippen LogP contribution in [-0.4, -0.2) is 38.2 Å². The van der Waals surface area contributed by atoms with Gasteiger partial charge < -0.3 is 0 Å². The van der Waals surface area contributed by atoms with E-state index in [2.05, 4.69) is 10.1 Å². The van der Waals surface area contributed by atoms with Crippen LogP contribution in [0.2, 0.25) is 0 Å². The quantitative estimate of drug-likeness (QED) is 0.689. The van der Waals surface area contributed by atoms with Crippen molar-refractivity contribution in [3.63, 3.8) is 0 Å². The number of aliphatic imine (C=N–C) groups is 1. The lowest BCUT2D eigenvalue weighted by molar-refractivity contribution is -0.136. The molecule has 0 amide bonds. The lowest BCUT2D eigenvalue weighted by atomic mass is 9.93. The van der Waals surface area contributed by atoms with Gasteiger partial charge in [-0.25, -0.2) is 13.9 Å². The first-order valence-corrected chi connectivity index (χ1v) is 10.2. The Morgan fingerprint density at radius 1 is 1.13 bits per heavy atom. The van der Waals surface area contributed by atoms with Gasteiger partial charge >= 0.3 is 5.69 Å². The lowest BCUT2D eigenvalue weighted by Gasteiger charge is -2.17. The van der Waals surface area contributed by atoms with Gasteiger partial charge in [0, 0.05) is 25.7 Å². The molecule has 2 atom stereocenters. The summed E-state index contributed by atoms with van der Waals surface area (Å²) in [4.78, 5) is 55.2. The van der Waals surface area contributed by atoms with E-state index >= 15 is 0 Å². The molecule has 0 spiro atoms. The SMILES string of the molecule is CCC1CCC(=O)C(=O)C(c2nn(C)c(=O)n(Cc3cc(C)c(F)c(C)c3)c2=O)C=N1. The Bertz CT molecular complexity index is 1170. The van der Waals surface area contributed by atoms with Gasteiger partial charge in [-0.1, -0.05) is 19.1 Å². The van der Waals surface area contributed by atoms with E-state index in [0.29, 0.717) is 29.5 Å². The molecule has 31 heavy (non-hydrogen) atoms. The molecule has 1 aromatic carbocycles. The maximum atomic E-state index is 14.0. The zero-order valence-electron chi connectivity index (χ0n) is 18.0. The minimum Gasteiger partial charge on any atom is -0.293 e. The Morgan fingerprint density at radius 3 is 2.39 bits per heavy atom. The molecule has 9 heteroatoms. The molecular formula is C22H25FN4O4. The summed E-state index contributed by atoms with van der Waals surface area (Å²) in [6.07, 6.45) is 2.52. The van der Waals surface area contributed by atoms with E-state index in [-0.39, 0.29) is 30.5 Å². The number of halogens is 1. The molecule has 3 rings (SSSR count). The maximum Gasteiger partial charge on any atom is 0.347 e. The van der Waals surface area contributed by atoms with Gasteiger partial charge in [0.05, 0.1) is 6.54 Å². The predicted molar refractivity (Wildman–Crippen MR) is 113 cm³/mol. The zero-order valence-corrected chi connectivity index (χ0v) is 18.0. The minimum atomic E-state index is -1.25. The predicted octanol–water partition coefficient (Wildman–Crippen LogP) is 1.61. The van der Waals surface area contributed by atoms with Crippen LogP contribution in [0.3, 0.4) is 0 Å². The lowest BCUT2D eigenvalue weighted by Crippen LogP contribution is -2.45. The molecule has 0 saturated carbocycles. The highest BCUT2D eigenvalue weighted by Crippen LogP contribution is 2.18. The summed E-state index contributed by atoms with van der Waals surface area (Å²) in [5.41, 5.74) is -0.320. The highest BCUT2D eigenvalue weighted by atomic mass is 19.1. The molecule has 0 fully saturated rings. The van der Waals surface area contributed by atoms with Gasteiger partial charge in [-0.05, 0) is 43.4 Å². The summed E-state index contributed by atoms with van der Waals surface area (Å²) in [5, 5.41) is 4.00. The molecule has 164 valence electrons. The van der Waals surface area contributed by atoms with Crippen molar-refractivity contribution in [3.05, 3.63) is 61.2 Å². The van der Waals surface area contributed by atoms with Crippen LogP contribution < -0.4 is 11.2 Å². The van der Waals surface area contributed by atoms with Crippen LogP contribution in [0.4, 0.5) is 4.39 Å². The molecule has 0 radical (unpaired) electrons. The smallest absolute Gasteiger partial charge is 0.293 e. The average molecular weight is 428 g/mol. The van der Waals surface area contributed by atoms with Gasteiger partial charge in [0.25, 0.3) is 5.56 Å². The van der Waals surface area contributed by atoms with E-state index in [4.69, 9.17) is 0 Å². The number of nitrogens with zero attached hydrogens (tertiary/aromatic N) is 4. The Labute approximate surface area is 178 Å². The number of ketones is 2. The van der Waals surface area contributed by atoms with Gasteiger partial charge in [0.1, 0.15) is 17.4 Å². The summed E-state index contributed by atoms with van der Waals surface area (Å²) < 4.78 is 15.9. The van der Waals surface area contributed by atoms with Crippen LogP contribution in [0.25, 0.3) is 0 Å². The molecular weight excluding hydrogens is 403 g/mol. The number of carbonyl (C=O) groups excluding carboxylic acids is 2. The van der Waals surface area contributed by atoms with Crippen molar-refractivity contribution < 1.29 is 14.0 Å². The first-order chi connectivity index (χ1) is 14.6. The largest absolute Gasteiger partial charge is 0.347 e. The van der Waals surface area contributed by atoms with Crippen LogP contribution in [-0.2, 0) is 23.2 Å². The zero-order chi connectivity index (χ0) is 22.9. The number of Topliss-reactive ketones (excluding diaryl/α,β-unsaturated/α-hetero) is 2. The maximum absolute atomic E-state index is 14.0. The van der Waals surface area contributed by atoms with Crippen LogP contribution >= 0.6 is 0 Å². The second-order valence-corrected chi connectivity index (χ2v) is 7.89. The fourth-order valence-electron chi connectivity index (χ4n) is 3.74. The van der Waals surface area contributed by atoms with Crippen molar-refractivity contribution in [2.45, 2.75) is 58.5 Å². The first kappa shape index (κ1) is 22.5. The summed E-state index contributed by atoms with van der Waals surface area (Å²) in [5.74, 6) is -2.94. The highest BCUT2D eigenvalue weighted by Gasteiger charge is 2.32. The average Bonchev–Trinajstić information content (AvgIpc) is 2.73. The number of benzene rings is 1. The second-order valence-electron chi connectivity index (χ2n) is 7.89. The van der Waals surface area contributed by atoms with Crippen molar-refractivity contribution >= 4 is 17.8 Å². The Balaban J connectivity index is 2.13. The van der Waals surface area contributed by atoms with E-state index in [9.17, 15) is 23.6 Å². The van der Waals surface area contributed by atoms with Gasteiger partial charge in [0.15, 0.2) is 5.78 Å². The van der Waals surface area contributed by atoms with Crippen LogP contribution in [0.5, 0.6) is 0 Å². The third-order valence-electron chi connectivity index (χ3n) is 5.54. The molecule has 2 heterocycles. The molecule has 1 aliphatic heterocycles. The van der Waals surface area contributed by atoms with E-state index < -0.39 is 28.7 Å². The van der Waals surface area contributed by atoms with E-state index in [1.54, 1.807) is 26.0 Å². The van der Waals surface area contributed by atoms with E-state index in [1.165, 1.54) is 13.3 Å². The topological polar surface area (TPSA) is 103 Å². The van der Waals surface area contributed by atoms with Gasteiger partial charge in [-0.3, -0.25) is 23.9 Å². The van der Waals surface area contributed by atoms with Crippen molar-refractivity contribution in [1.29, 1.82) is 0 Å². The summed E-state index contributed by atoms with van der Waals surface area (Å²) >= 11 is 0. The van der Waals surface area contributed by atoms with Crippen LogP contribution in [0, 0.1) is 19.7 Å². The number of hydrogen-bond donors (Lipinski definition) is 0. The molecule has 1 aliphatic rings.